The van der Waals surface area contributed by atoms with Gasteiger partial charge in [-0.2, -0.15) is 4.31 Å². The molecule has 0 atom stereocenters. The third-order valence-corrected chi connectivity index (χ3v) is 6.68. The van der Waals surface area contributed by atoms with Crippen molar-refractivity contribution in [3.63, 3.8) is 0 Å². The fraction of sp³-hybridized carbons (Fsp3) is 0.286. The second-order valence-electron chi connectivity index (χ2n) is 6.90. The molecule has 1 heterocycles. The van der Waals surface area contributed by atoms with Crippen molar-refractivity contribution >= 4 is 39.3 Å². The molecule has 5 nitrogen and oxygen atoms in total. The van der Waals surface area contributed by atoms with Crippen LogP contribution in [-0.2, 0) is 14.8 Å². The fourth-order valence-corrected chi connectivity index (χ4v) is 4.65. The Labute approximate surface area is 171 Å². The minimum atomic E-state index is -3.50. The van der Waals surface area contributed by atoms with Gasteiger partial charge in [0.15, 0.2) is 0 Å². The summed E-state index contributed by atoms with van der Waals surface area (Å²) in [4.78, 5) is 12.5. The molecule has 1 aliphatic heterocycles. The topological polar surface area (TPSA) is 66.5 Å². The van der Waals surface area contributed by atoms with Crippen LogP contribution in [0.5, 0.6) is 0 Å². The van der Waals surface area contributed by atoms with Crippen molar-refractivity contribution in [1.29, 1.82) is 0 Å². The summed E-state index contributed by atoms with van der Waals surface area (Å²) >= 11 is 6.17. The van der Waals surface area contributed by atoms with Crippen molar-refractivity contribution < 1.29 is 13.2 Å². The van der Waals surface area contributed by atoms with E-state index in [1.807, 2.05) is 43.3 Å². The number of hydrogen-bond donors (Lipinski definition) is 1. The molecule has 0 spiro atoms. The summed E-state index contributed by atoms with van der Waals surface area (Å²) in [6, 6.07) is 14.8. The minimum Gasteiger partial charge on any atom is -0.325 e. The van der Waals surface area contributed by atoms with E-state index in [1.165, 1.54) is 9.71 Å². The van der Waals surface area contributed by atoms with Crippen LogP contribution in [0, 0.1) is 12.8 Å². The Morgan fingerprint density at radius 1 is 1.14 bits per heavy atom. The molecule has 1 amide bonds. The zero-order chi connectivity index (χ0) is 20.1. The standard InChI is InChI=1S/C21H23ClN2O3S/c1-16-7-8-20(19(22)15-16)23-21(25)18-9-12-24(13-10-18)28(26,27)14-11-17-5-3-2-4-6-17/h2-8,11,14-15,18H,9-10,12-13H2,1H3,(H,23,25)/b14-11+. The highest BCUT2D eigenvalue weighted by Gasteiger charge is 2.30. The van der Waals surface area contributed by atoms with Gasteiger partial charge in [-0.3, -0.25) is 4.79 Å². The van der Waals surface area contributed by atoms with Crippen LogP contribution in [0.4, 0.5) is 5.69 Å². The lowest BCUT2D eigenvalue weighted by Crippen LogP contribution is -2.40. The summed E-state index contributed by atoms with van der Waals surface area (Å²) < 4.78 is 26.5. The van der Waals surface area contributed by atoms with E-state index < -0.39 is 10.0 Å². The normalized spacial score (nSPS) is 16.4. The van der Waals surface area contributed by atoms with Crippen LogP contribution < -0.4 is 5.32 Å². The molecule has 148 valence electrons. The number of piperidine rings is 1. The van der Waals surface area contributed by atoms with Gasteiger partial charge >= 0.3 is 0 Å². The zero-order valence-corrected chi connectivity index (χ0v) is 17.2. The van der Waals surface area contributed by atoms with Gasteiger partial charge in [-0.25, -0.2) is 8.42 Å². The Balaban J connectivity index is 1.57. The second-order valence-corrected chi connectivity index (χ2v) is 9.13. The monoisotopic (exact) mass is 418 g/mol. The fourth-order valence-electron chi connectivity index (χ4n) is 3.14. The van der Waals surface area contributed by atoms with Gasteiger partial charge in [-0.1, -0.05) is 48.0 Å². The van der Waals surface area contributed by atoms with Crippen LogP contribution in [0.15, 0.2) is 53.9 Å². The molecule has 0 saturated carbocycles. The Morgan fingerprint density at radius 2 is 1.82 bits per heavy atom. The van der Waals surface area contributed by atoms with Gasteiger partial charge in [0.1, 0.15) is 0 Å². The van der Waals surface area contributed by atoms with Gasteiger partial charge in [0.2, 0.25) is 15.9 Å². The molecule has 0 radical (unpaired) electrons. The van der Waals surface area contributed by atoms with Gasteiger partial charge in [0, 0.05) is 24.4 Å². The summed E-state index contributed by atoms with van der Waals surface area (Å²) in [7, 11) is -3.50. The van der Waals surface area contributed by atoms with Crippen molar-refractivity contribution in [3.05, 3.63) is 70.1 Å². The number of nitrogens with zero attached hydrogens (tertiary/aromatic N) is 1. The molecular formula is C21H23ClN2O3S. The molecule has 7 heteroatoms. The highest BCUT2D eigenvalue weighted by molar-refractivity contribution is 7.92. The molecule has 0 bridgehead atoms. The average molecular weight is 419 g/mol. The van der Waals surface area contributed by atoms with Crippen LogP contribution in [0.25, 0.3) is 6.08 Å². The summed E-state index contributed by atoms with van der Waals surface area (Å²) in [5, 5.41) is 4.58. The van der Waals surface area contributed by atoms with Crippen molar-refractivity contribution in [2.45, 2.75) is 19.8 Å². The summed E-state index contributed by atoms with van der Waals surface area (Å²) in [5.41, 5.74) is 2.43. The molecule has 28 heavy (non-hydrogen) atoms. The van der Waals surface area contributed by atoms with E-state index >= 15 is 0 Å². The number of amides is 1. The van der Waals surface area contributed by atoms with Crippen LogP contribution >= 0.6 is 11.6 Å². The molecule has 1 N–H and O–H groups in total. The van der Waals surface area contributed by atoms with Gasteiger partial charge in [0.25, 0.3) is 0 Å². The third kappa shape index (κ3) is 5.22. The molecular weight excluding hydrogens is 396 g/mol. The Morgan fingerprint density at radius 3 is 2.46 bits per heavy atom. The van der Waals surface area contributed by atoms with E-state index in [1.54, 1.807) is 18.2 Å². The number of carbonyl (C=O) groups is 1. The Hall–Kier alpha value is -2.15. The number of aryl methyl sites for hydroxylation is 1. The first-order valence-corrected chi connectivity index (χ1v) is 11.0. The van der Waals surface area contributed by atoms with Crippen LogP contribution in [-0.4, -0.2) is 31.7 Å². The summed E-state index contributed by atoms with van der Waals surface area (Å²) in [5.74, 6) is -0.357. The molecule has 0 unspecified atom stereocenters. The summed E-state index contributed by atoms with van der Waals surface area (Å²) in [6.45, 7) is 2.57. The lowest BCUT2D eigenvalue weighted by Gasteiger charge is -2.29. The number of anilines is 1. The highest BCUT2D eigenvalue weighted by atomic mass is 35.5. The molecule has 1 fully saturated rings. The van der Waals surface area contributed by atoms with Crippen LogP contribution in [0.3, 0.4) is 0 Å². The molecule has 2 aromatic rings. The van der Waals surface area contributed by atoms with E-state index in [-0.39, 0.29) is 11.8 Å². The van der Waals surface area contributed by atoms with Crippen molar-refractivity contribution in [3.8, 4) is 0 Å². The number of rotatable bonds is 5. The number of sulfonamides is 1. The molecule has 0 aliphatic carbocycles. The van der Waals surface area contributed by atoms with E-state index in [2.05, 4.69) is 5.32 Å². The first kappa shape index (κ1) is 20.6. The largest absolute Gasteiger partial charge is 0.325 e. The third-order valence-electron chi connectivity index (χ3n) is 4.80. The Kier molecular flexibility index (Phi) is 6.54. The Bertz CT molecular complexity index is 966. The van der Waals surface area contributed by atoms with E-state index in [0.717, 1.165) is 11.1 Å². The van der Waals surface area contributed by atoms with Crippen molar-refractivity contribution in [2.75, 3.05) is 18.4 Å². The lowest BCUT2D eigenvalue weighted by molar-refractivity contribution is -0.120. The smallest absolute Gasteiger partial charge is 0.236 e. The maximum Gasteiger partial charge on any atom is 0.236 e. The van der Waals surface area contributed by atoms with Crippen LogP contribution in [0.1, 0.15) is 24.0 Å². The van der Waals surface area contributed by atoms with E-state index in [9.17, 15) is 13.2 Å². The molecule has 1 aliphatic rings. The minimum absolute atomic E-state index is 0.123. The van der Waals surface area contributed by atoms with Gasteiger partial charge in [-0.15, -0.1) is 0 Å². The first-order valence-electron chi connectivity index (χ1n) is 9.15. The zero-order valence-electron chi connectivity index (χ0n) is 15.6. The van der Waals surface area contributed by atoms with Gasteiger partial charge in [-0.05, 0) is 49.1 Å². The van der Waals surface area contributed by atoms with E-state index in [0.29, 0.717) is 36.6 Å². The lowest BCUT2D eigenvalue weighted by atomic mass is 9.97. The predicted octanol–water partition coefficient (Wildman–Crippen LogP) is 4.30. The van der Waals surface area contributed by atoms with Crippen molar-refractivity contribution in [2.24, 2.45) is 5.92 Å². The predicted molar refractivity (Wildman–Crippen MR) is 114 cm³/mol. The van der Waals surface area contributed by atoms with Gasteiger partial charge in [0.05, 0.1) is 10.7 Å². The average Bonchev–Trinajstić information content (AvgIpc) is 2.69. The van der Waals surface area contributed by atoms with Crippen LogP contribution in [0.2, 0.25) is 5.02 Å². The second kappa shape index (κ2) is 8.90. The first-order chi connectivity index (χ1) is 13.3. The highest BCUT2D eigenvalue weighted by Crippen LogP contribution is 2.26. The maximum absolute atomic E-state index is 12.5. The number of nitrogens with one attached hydrogen (secondary N) is 1. The van der Waals surface area contributed by atoms with Gasteiger partial charge < -0.3 is 5.32 Å². The number of benzene rings is 2. The molecule has 1 saturated heterocycles. The molecule has 2 aromatic carbocycles. The van der Waals surface area contributed by atoms with Crippen molar-refractivity contribution in [1.82, 2.24) is 4.31 Å². The number of carbonyl (C=O) groups excluding carboxylic acids is 1. The SMILES string of the molecule is Cc1ccc(NC(=O)C2CCN(S(=O)(=O)/C=C/c3ccccc3)CC2)c(Cl)c1. The van der Waals surface area contributed by atoms with E-state index in [4.69, 9.17) is 11.6 Å². The summed E-state index contributed by atoms with van der Waals surface area (Å²) in [6.07, 6.45) is 2.55. The quantitative estimate of drug-likeness (QED) is 0.787. The maximum atomic E-state index is 12.5. The number of hydrogen-bond acceptors (Lipinski definition) is 3. The number of halogens is 1. The molecule has 0 aromatic heterocycles. The molecule has 3 rings (SSSR count).